The van der Waals surface area contributed by atoms with Crippen LogP contribution in [0.4, 0.5) is 0 Å². The van der Waals surface area contributed by atoms with Crippen molar-refractivity contribution in [1.29, 1.82) is 0 Å². The first-order valence-corrected chi connectivity index (χ1v) is 9.52. The number of aryl methyl sites for hydroxylation is 2. The molecular weight excluding hydrogens is 370 g/mol. The van der Waals surface area contributed by atoms with Crippen LogP contribution in [0.25, 0.3) is 22.5 Å². The first kappa shape index (κ1) is 18.8. The van der Waals surface area contributed by atoms with Crippen LogP contribution < -0.4 is 10.7 Å². The highest BCUT2D eigenvalue weighted by atomic mass is 16.4. The van der Waals surface area contributed by atoms with Crippen molar-refractivity contribution in [3.8, 4) is 11.3 Å². The van der Waals surface area contributed by atoms with E-state index >= 15 is 0 Å². The maximum atomic E-state index is 12.6. The van der Waals surface area contributed by atoms with Crippen LogP contribution in [-0.4, -0.2) is 12.5 Å². The van der Waals surface area contributed by atoms with E-state index in [0.29, 0.717) is 29.2 Å². The van der Waals surface area contributed by atoms with Crippen LogP contribution in [0.2, 0.25) is 0 Å². The molecule has 0 atom stereocenters. The van der Waals surface area contributed by atoms with Gasteiger partial charge in [0.05, 0.1) is 18.2 Å². The van der Waals surface area contributed by atoms with Gasteiger partial charge < -0.3 is 18.6 Å². The zero-order chi connectivity index (χ0) is 20.2. The van der Waals surface area contributed by atoms with E-state index in [-0.39, 0.29) is 23.3 Å². The smallest absolute Gasteiger partial charge is 0.228 e. The lowest BCUT2D eigenvalue weighted by molar-refractivity contribution is -0.120. The summed E-state index contributed by atoms with van der Waals surface area (Å²) < 4.78 is 16.9. The Hall–Kier alpha value is -3.54. The van der Waals surface area contributed by atoms with Gasteiger partial charge in [0.15, 0.2) is 5.58 Å². The Bertz CT molecular complexity index is 1170. The maximum Gasteiger partial charge on any atom is 0.228 e. The van der Waals surface area contributed by atoms with Crippen LogP contribution >= 0.6 is 0 Å². The first-order chi connectivity index (χ1) is 14.1. The van der Waals surface area contributed by atoms with Crippen molar-refractivity contribution in [2.24, 2.45) is 0 Å². The summed E-state index contributed by atoms with van der Waals surface area (Å²) in [5, 5.41) is 2.91. The third-order valence-electron chi connectivity index (χ3n) is 4.66. The second-order valence-corrected chi connectivity index (χ2v) is 6.86. The van der Waals surface area contributed by atoms with E-state index in [0.717, 1.165) is 24.2 Å². The Morgan fingerprint density at radius 2 is 1.86 bits per heavy atom. The van der Waals surface area contributed by atoms with E-state index in [9.17, 15) is 9.59 Å². The van der Waals surface area contributed by atoms with Gasteiger partial charge >= 0.3 is 0 Å². The number of fused-ring (bicyclic) bond motifs is 1. The van der Waals surface area contributed by atoms with Crippen molar-refractivity contribution in [3.05, 3.63) is 82.1 Å². The van der Waals surface area contributed by atoms with Gasteiger partial charge in [0.1, 0.15) is 17.3 Å². The highest BCUT2D eigenvalue weighted by Crippen LogP contribution is 2.33. The Labute approximate surface area is 167 Å². The molecule has 148 valence electrons. The summed E-state index contributed by atoms with van der Waals surface area (Å²) >= 11 is 0. The second-order valence-electron chi connectivity index (χ2n) is 6.86. The van der Waals surface area contributed by atoms with Gasteiger partial charge in [-0.1, -0.05) is 30.3 Å². The average Bonchev–Trinajstić information content (AvgIpc) is 3.35. The molecule has 1 amide bonds. The Kier molecular flexibility index (Phi) is 5.33. The molecule has 3 heterocycles. The molecule has 6 heteroatoms. The largest absolute Gasteiger partial charge is 0.469 e. The third-order valence-corrected chi connectivity index (χ3v) is 4.66. The molecule has 0 fully saturated rings. The lowest BCUT2D eigenvalue weighted by Gasteiger charge is -2.06. The second kappa shape index (κ2) is 8.22. The fourth-order valence-corrected chi connectivity index (χ4v) is 3.31. The number of carbonyl (C=O) groups excluding carboxylic acids is 1. The molecule has 0 aliphatic carbocycles. The Morgan fingerprint density at radius 3 is 2.62 bits per heavy atom. The topological polar surface area (TPSA) is 85.6 Å². The van der Waals surface area contributed by atoms with E-state index in [4.69, 9.17) is 13.3 Å². The lowest BCUT2D eigenvalue weighted by atomic mass is 10.1. The quantitative estimate of drug-likeness (QED) is 0.476. The molecule has 1 aromatic carbocycles. The standard InChI is InChI=1S/C23H21NO5/c1-15-13-19(25)23-22(28-15)18(21(29-23)16-7-3-2-4-8-16)14-20(26)24-11-5-9-17-10-6-12-27-17/h2-4,6-8,10,12-13H,5,9,11,14H2,1H3,(H,24,26). The Balaban J connectivity index is 1.56. The Morgan fingerprint density at radius 1 is 1.03 bits per heavy atom. The molecule has 6 nitrogen and oxygen atoms in total. The predicted octanol–water partition coefficient (Wildman–Crippen LogP) is 4.25. The molecule has 0 aliphatic heterocycles. The number of nitrogens with one attached hydrogen (secondary N) is 1. The number of hydrogen-bond donors (Lipinski definition) is 1. The zero-order valence-electron chi connectivity index (χ0n) is 16.1. The van der Waals surface area contributed by atoms with Crippen molar-refractivity contribution in [3.63, 3.8) is 0 Å². The highest BCUT2D eigenvalue weighted by Gasteiger charge is 2.22. The van der Waals surface area contributed by atoms with E-state index in [1.54, 1.807) is 13.2 Å². The summed E-state index contributed by atoms with van der Waals surface area (Å²) in [6.07, 6.45) is 3.22. The van der Waals surface area contributed by atoms with Gasteiger partial charge in [-0.25, -0.2) is 0 Å². The minimum absolute atomic E-state index is 0.0599. The molecular formula is C23H21NO5. The molecule has 0 bridgehead atoms. The molecule has 3 aromatic heterocycles. The fraction of sp³-hybridized carbons (Fsp3) is 0.217. The summed E-state index contributed by atoms with van der Waals surface area (Å²) in [4.78, 5) is 24.9. The average molecular weight is 391 g/mol. The zero-order valence-corrected chi connectivity index (χ0v) is 16.1. The van der Waals surface area contributed by atoms with E-state index in [1.807, 2.05) is 42.5 Å². The molecule has 0 spiro atoms. The molecule has 0 aliphatic rings. The van der Waals surface area contributed by atoms with Crippen molar-refractivity contribution < 1.29 is 18.0 Å². The fourth-order valence-electron chi connectivity index (χ4n) is 3.31. The van der Waals surface area contributed by atoms with Crippen LogP contribution in [-0.2, 0) is 17.6 Å². The molecule has 0 unspecified atom stereocenters. The number of carbonyl (C=O) groups is 1. The summed E-state index contributed by atoms with van der Waals surface area (Å²) in [7, 11) is 0. The molecule has 0 saturated carbocycles. The molecule has 4 aromatic rings. The van der Waals surface area contributed by atoms with Gasteiger partial charge in [-0.3, -0.25) is 9.59 Å². The summed E-state index contributed by atoms with van der Waals surface area (Å²) in [6.45, 7) is 2.23. The van der Waals surface area contributed by atoms with Crippen molar-refractivity contribution >= 4 is 17.1 Å². The maximum absolute atomic E-state index is 12.6. The van der Waals surface area contributed by atoms with Gasteiger partial charge in [0.25, 0.3) is 0 Å². The van der Waals surface area contributed by atoms with Crippen LogP contribution in [0.1, 0.15) is 23.5 Å². The summed E-state index contributed by atoms with van der Waals surface area (Å²) in [5.41, 5.74) is 1.58. The minimum atomic E-state index is -0.258. The van der Waals surface area contributed by atoms with Gasteiger partial charge in [-0.15, -0.1) is 0 Å². The van der Waals surface area contributed by atoms with E-state index in [1.165, 1.54) is 6.07 Å². The minimum Gasteiger partial charge on any atom is -0.469 e. The molecule has 0 radical (unpaired) electrons. The van der Waals surface area contributed by atoms with Crippen molar-refractivity contribution in [1.82, 2.24) is 5.32 Å². The van der Waals surface area contributed by atoms with Crippen molar-refractivity contribution in [2.45, 2.75) is 26.2 Å². The van der Waals surface area contributed by atoms with Crippen LogP contribution in [0, 0.1) is 6.92 Å². The number of hydrogen-bond acceptors (Lipinski definition) is 5. The third kappa shape index (κ3) is 4.16. The molecule has 4 rings (SSSR count). The van der Waals surface area contributed by atoms with Gasteiger partial charge in [-0.05, 0) is 25.5 Å². The number of amides is 1. The SMILES string of the molecule is Cc1cc(=O)c2oc(-c3ccccc3)c(CC(=O)NCCCc3ccco3)c2o1. The van der Waals surface area contributed by atoms with Crippen LogP contribution in [0.5, 0.6) is 0 Å². The molecule has 1 N–H and O–H groups in total. The number of furan rings is 2. The molecule has 0 saturated heterocycles. The lowest BCUT2D eigenvalue weighted by Crippen LogP contribution is -2.26. The summed E-state index contributed by atoms with van der Waals surface area (Å²) in [6, 6.07) is 14.5. The number of benzene rings is 1. The van der Waals surface area contributed by atoms with E-state index in [2.05, 4.69) is 5.32 Å². The van der Waals surface area contributed by atoms with Gasteiger partial charge in [-0.2, -0.15) is 0 Å². The monoisotopic (exact) mass is 391 g/mol. The van der Waals surface area contributed by atoms with E-state index < -0.39 is 0 Å². The molecule has 29 heavy (non-hydrogen) atoms. The van der Waals surface area contributed by atoms with Crippen molar-refractivity contribution in [2.75, 3.05) is 6.54 Å². The first-order valence-electron chi connectivity index (χ1n) is 9.52. The van der Waals surface area contributed by atoms with Crippen LogP contribution in [0.15, 0.2) is 72.8 Å². The number of rotatable bonds is 7. The normalized spacial score (nSPS) is 11.1. The van der Waals surface area contributed by atoms with Gasteiger partial charge in [0, 0.05) is 24.6 Å². The summed E-state index contributed by atoms with van der Waals surface area (Å²) in [5.74, 6) is 1.69. The highest BCUT2D eigenvalue weighted by molar-refractivity contribution is 5.89. The predicted molar refractivity (Wildman–Crippen MR) is 109 cm³/mol. The van der Waals surface area contributed by atoms with Crippen LogP contribution in [0.3, 0.4) is 0 Å². The van der Waals surface area contributed by atoms with Gasteiger partial charge in [0.2, 0.25) is 16.9 Å².